The van der Waals surface area contributed by atoms with Gasteiger partial charge in [-0.15, -0.1) is 10.2 Å². The summed E-state index contributed by atoms with van der Waals surface area (Å²) in [5, 5.41) is 11.8. The average molecular weight is 257 g/mol. The van der Waals surface area contributed by atoms with Crippen molar-refractivity contribution in [2.24, 2.45) is 0 Å². The van der Waals surface area contributed by atoms with Crippen molar-refractivity contribution in [1.29, 1.82) is 0 Å². The van der Waals surface area contributed by atoms with Crippen LogP contribution in [-0.4, -0.2) is 16.7 Å². The Morgan fingerprint density at radius 1 is 1.26 bits per heavy atom. The molecule has 0 amide bonds. The molecule has 0 saturated heterocycles. The van der Waals surface area contributed by atoms with Crippen molar-refractivity contribution in [2.45, 2.75) is 38.1 Å². The first-order valence-electron chi connectivity index (χ1n) is 6.89. The van der Waals surface area contributed by atoms with Gasteiger partial charge in [-0.1, -0.05) is 37.3 Å². The van der Waals surface area contributed by atoms with E-state index >= 15 is 0 Å². The summed E-state index contributed by atoms with van der Waals surface area (Å²) in [7, 11) is 0. The minimum absolute atomic E-state index is 0.0293. The summed E-state index contributed by atoms with van der Waals surface area (Å²) in [5.41, 5.74) is 1.25. The number of hydrogen-bond acceptors (Lipinski definition) is 4. The summed E-state index contributed by atoms with van der Waals surface area (Å²) in [5.74, 6) is 1.44. The maximum atomic E-state index is 5.89. The van der Waals surface area contributed by atoms with Gasteiger partial charge < -0.3 is 9.73 Å². The van der Waals surface area contributed by atoms with Gasteiger partial charge in [0.2, 0.25) is 11.8 Å². The Kier molecular flexibility index (Phi) is 3.11. The largest absolute Gasteiger partial charge is 0.423 e. The van der Waals surface area contributed by atoms with E-state index in [2.05, 4.69) is 46.7 Å². The molecule has 19 heavy (non-hydrogen) atoms. The van der Waals surface area contributed by atoms with Crippen LogP contribution in [0.3, 0.4) is 0 Å². The second-order valence-electron chi connectivity index (χ2n) is 5.17. The van der Waals surface area contributed by atoms with Crippen LogP contribution in [0.4, 0.5) is 0 Å². The number of aromatic nitrogens is 2. The molecule has 1 N–H and O–H groups in total. The number of nitrogens with one attached hydrogen (secondary N) is 1. The third kappa shape index (κ3) is 2.16. The van der Waals surface area contributed by atoms with Crippen LogP contribution in [0.15, 0.2) is 34.7 Å². The fourth-order valence-electron chi connectivity index (χ4n) is 2.50. The van der Waals surface area contributed by atoms with E-state index < -0.39 is 0 Å². The zero-order valence-electron chi connectivity index (χ0n) is 11.4. The summed E-state index contributed by atoms with van der Waals surface area (Å²) in [6.07, 6.45) is 2.18. The van der Waals surface area contributed by atoms with E-state index in [1.807, 2.05) is 13.0 Å². The summed E-state index contributed by atoms with van der Waals surface area (Å²) < 4.78 is 5.89. The van der Waals surface area contributed by atoms with Gasteiger partial charge in [-0.25, -0.2) is 0 Å². The molecule has 1 fully saturated rings. The van der Waals surface area contributed by atoms with E-state index in [1.165, 1.54) is 5.56 Å². The fraction of sp³-hybridized carbons (Fsp3) is 0.467. The van der Waals surface area contributed by atoms with Crippen LogP contribution >= 0.6 is 0 Å². The molecular weight excluding hydrogens is 238 g/mol. The zero-order valence-corrected chi connectivity index (χ0v) is 11.4. The molecule has 4 nitrogen and oxygen atoms in total. The lowest BCUT2D eigenvalue weighted by atomic mass is 9.96. The summed E-state index contributed by atoms with van der Waals surface area (Å²) in [4.78, 5) is 0. The second kappa shape index (κ2) is 4.78. The SMILES string of the molecule is CCNC(C)c1nnc(C2(c3ccccc3)CC2)o1. The Labute approximate surface area is 113 Å². The van der Waals surface area contributed by atoms with Gasteiger partial charge in [0.05, 0.1) is 11.5 Å². The Morgan fingerprint density at radius 3 is 2.63 bits per heavy atom. The lowest BCUT2D eigenvalue weighted by Crippen LogP contribution is -2.17. The van der Waals surface area contributed by atoms with Gasteiger partial charge in [0.1, 0.15) is 0 Å². The van der Waals surface area contributed by atoms with Crippen LogP contribution in [0.5, 0.6) is 0 Å². The number of benzene rings is 1. The molecule has 1 aliphatic carbocycles. The molecule has 3 rings (SSSR count). The standard InChI is InChI=1S/C15H19N3O/c1-3-16-11(2)13-17-18-14(19-13)15(9-10-15)12-7-5-4-6-8-12/h4-8,11,16H,3,9-10H2,1-2H3. The molecule has 0 aliphatic heterocycles. The van der Waals surface area contributed by atoms with E-state index in [4.69, 9.17) is 4.42 Å². The highest BCUT2D eigenvalue weighted by Crippen LogP contribution is 2.52. The highest BCUT2D eigenvalue weighted by atomic mass is 16.4. The van der Waals surface area contributed by atoms with E-state index in [0.29, 0.717) is 5.89 Å². The van der Waals surface area contributed by atoms with Gasteiger partial charge in [0.25, 0.3) is 0 Å². The number of hydrogen-bond donors (Lipinski definition) is 1. The van der Waals surface area contributed by atoms with Crippen LogP contribution in [0.2, 0.25) is 0 Å². The van der Waals surface area contributed by atoms with Gasteiger partial charge in [-0.3, -0.25) is 0 Å². The van der Waals surface area contributed by atoms with E-state index in [9.17, 15) is 0 Å². The maximum Gasteiger partial charge on any atom is 0.233 e. The summed E-state index contributed by atoms with van der Waals surface area (Å²) >= 11 is 0. The first-order valence-corrected chi connectivity index (χ1v) is 6.89. The smallest absolute Gasteiger partial charge is 0.233 e. The molecule has 1 heterocycles. The molecule has 1 unspecified atom stereocenters. The molecule has 1 saturated carbocycles. The fourth-order valence-corrected chi connectivity index (χ4v) is 2.50. The highest BCUT2D eigenvalue weighted by molar-refractivity contribution is 5.37. The maximum absolute atomic E-state index is 5.89. The molecule has 4 heteroatoms. The van der Waals surface area contributed by atoms with Gasteiger partial charge in [-0.05, 0) is 31.9 Å². The number of nitrogens with zero attached hydrogens (tertiary/aromatic N) is 2. The molecule has 0 bridgehead atoms. The van der Waals surface area contributed by atoms with Crippen molar-refractivity contribution >= 4 is 0 Å². The highest BCUT2D eigenvalue weighted by Gasteiger charge is 2.50. The van der Waals surface area contributed by atoms with Crippen molar-refractivity contribution in [2.75, 3.05) is 6.54 Å². The van der Waals surface area contributed by atoms with Gasteiger partial charge in [-0.2, -0.15) is 0 Å². The van der Waals surface area contributed by atoms with Crippen molar-refractivity contribution < 1.29 is 4.42 Å². The molecule has 100 valence electrons. The first-order chi connectivity index (χ1) is 9.26. The van der Waals surface area contributed by atoms with Crippen molar-refractivity contribution in [3.63, 3.8) is 0 Å². The van der Waals surface area contributed by atoms with Crippen LogP contribution < -0.4 is 5.32 Å². The van der Waals surface area contributed by atoms with Crippen molar-refractivity contribution in [3.05, 3.63) is 47.7 Å². The molecule has 0 radical (unpaired) electrons. The molecule has 1 aliphatic rings. The van der Waals surface area contributed by atoms with Crippen molar-refractivity contribution in [3.8, 4) is 0 Å². The van der Waals surface area contributed by atoms with Crippen LogP contribution in [0.1, 0.15) is 50.1 Å². The lowest BCUT2D eigenvalue weighted by Gasteiger charge is -2.11. The van der Waals surface area contributed by atoms with E-state index in [0.717, 1.165) is 25.3 Å². The molecule has 0 spiro atoms. The molecule has 1 atom stereocenters. The summed E-state index contributed by atoms with van der Waals surface area (Å²) in [6.45, 7) is 5.01. The third-order valence-corrected chi connectivity index (χ3v) is 3.81. The normalized spacial score (nSPS) is 18.2. The predicted octanol–water partition coefficient (Wildman–Crippen LogP) is 2.82. The monoisotopic (exact) mass is 257 g/mol. The second-order valence-corrected chi connectivity index (χ2v) is 5.17. The van der Waals surface area contributed by atoms with Gasteiger partial charge >= 0.3 is 0 Å². The van der Waals surface area contributed by atoms with Gasteiger partial charge in [0, 0.05) is 0 Å². The molecule has 2 aromatic rings. The minimum Gasteiger partial charge on any atom is -0.423 e. The summed E-state index contributed by atoms with van der Waals surface area (Å²) in [6, 6.07) is 10.6. The molecular formula is C15H19N3O. The van der Waals surface area contributed by atoms with Gasteiger partial charge in [0.15, 0.2) is 0 Å². The van der Waals surface area contributed by atoms with Crippen LogP contribution in [0, 0.1) is 0 Å². The lowest BCUT2D eigenvalue weighted by molar-refractivity contribution is 0.382. The van der Waals surface area contributed by atoms with Crippen LogP contribution in [0.25, 0.3) is 0 Å². The predicted molar refractivity (Wildman–Crippen MR) is 72.8 cm³/mol. The zero-order chi connectivity index (χ0) is 13.3. The van der Waals surface area contributed by atoms with Crippen molar-refractivity contribution in [1.82, 2.24) is 15.5 Å². The number of rotatable bonds is 5. The quantitative estimate of drug-likeness (QED) is 0.895. The Balaban J connectivity index is 1.87. The van der Waals surface area contributed by atoms with E-state index in [-0.39, 0.29) is 11.5 Å². The molecule has 1 aromatic heterocycles. The van der Waals surface area contributed by atoms with E-state index in [1.54, 1.807) is 0 Å². The average Bonchev–Trinajstić information content (AvgIpc) is 3.10. The topological polar surface area (TPSA) is 51.0 Å². The first kappa shape index (κ1) is 12.4. The Bertz CT molecular complexity index is 546. The third-order valence-electron chi connectivity index (χ3n) is 3.81. The Hall–Kier alpha value is -1.68. The van der Waals surface area contributed by atoms with Crippen LogP contribution in [-0.2, 0) is 5.41 Å². The molecule has 1 aromatic carbocycles. The Morgan fingerprint density at radius 2 is 2.00 bits per heavy atom. The minimum atomic E-state index is -0.0293.